The van der Waals surface area contributed by atoms with Gasteiger partial charge >= 0.3 is 0 Å². The normalized spacial score (nSPS) is 11.7. The number of fused-ring (bicyclic) bond motifs is 4. The van der Waals surface area contributed by atoms with Crippen LogP contribution in [0.3, 0.4) is 0 Å². The minimum Gasteiger partial charge on any atom is -0.860 e. The lowest BCUT2D eigenvalue weighted by Crippen LogP contribution is -2.50. The van der Waals surface area contributed by atoms with E-state index in [2.05, 4.69) is 129 Å². The summed E-state index contributed by atoms with van der Waals surface area (Å²) in [5, 5.41) is 27.8. The second-order valence-electron chi connectivity index (χ2n) is 12.1. The van der Waals surface area contributed by atoms with Crippen LogP contribution in [0, 0.1) is 0 Å². The Balaban J connectivity index is 0.000000159. The molecule has 0 aliphatic heterocycles. The molecule has 0 saturated carbocycles. The summed E-state index contributed by atoms with van der Waals surface area (Å²) >= 11 is 0. The first kappa shape index (κ1) is 30.6. The average Bonchev–Trinajstić information content (AvgIpc) is 3.05. The van der Waals surface area contributed by atoms with Gasteiger partial charge in [0.25, 0.3) is 0 Å². The lowest BCUT2D eigenvalue weighted by Gasteiger charge is -2.40. The molecule has 7 rings (SSSR count). The molecular formula is C40H35BO3P-. The van der Waals surface area contributed by atoms with E-state index in [0.29, 0.717) is 5.75 Å². The second kappa shape index (κ2) is 12.9. The molecule has 5 heteroatoms. The maximum Gasteiger partial charge on any atom is 0.153 e. The molecule has 3 nitrogen and oxygen atoms in total. The maximum atomic E-state index is 10.9. The van der Waals surface area contributed by atoms with Gasteiger partial charge in [-0.3, -0.25) is 0 Å². The van der Waals surface area contributed by atoms with Gasteiger partial charge in [0.1, 0.15) is 13.1 Å². The lowest BCUT2D eigenvalue weighted by molar-refractivity contribution is -0.372. The van der Waals surface area contributed by atoms with E-state index < -0.39 is 14.6 Å². The molecule has 0 saturated heterocycles. The van der Waals surface area contributed by atoms with Gasteiger partial charge in [0.15, 0.2) is 5.16 Å². The highest BCUT2D eigenvalue weighted by atomic mass is 31.2. The topological polar surface area (TPSA) is 55.3 Å². The zero-order valence-electron chi connectivity index (χ0n) is 25.8. The molecule has 0 fully saturated rings. The van der Waals surface area contributed by atoms with Gasteiger partial charge in [-0.05, 0) is 45.1 Å². The van der Waals surface area contributed by atoms with Crippen molar-refractivity contribution in [3.63, 3.8) is 0 Å². The molecule has 222 valence electrons. The molecule has 0 aliphatic carbocycles. The van der Waals surface area contributed by atoms with Crippen molar-refractivity contribution in [1.29, 1.82) is 0 Å². The van der Waals surface area contributed by atoms with Crippen molar-refractivity contribution in [1.82, 2.24) is 0 Å². The molecule has 0 amide bonds. The van der Waals surface area contributed by atoms with Crippen LogP contribution in [0.4, 0.5) is 0 Å². The molecule has 7 aromatic rings. The molecule has 0 heterocycles. The maximum absolute atomic E-state index is 10.9. The first-order valence-electron chi connectivity index (χ1n) is 15.1. The number of hydrogen-bond donors (Lipinski definition) is 0. The monoisotopic (exact) mass is 605 g/mol. The van der Waals surface area contributed by atoms with Crippen LogP contribution in [0.5, 0.6) is 5.75 Å². The molecule has 7 aromatic carbocycles. The first-order valence-corrected chi connectivity index (χ1v) is 18.2. The zero-order chi connectivity index (χ0) is 31.4. The highest BCUT2D eigenvalue weighted by molar-refractivity contribution is 7.75. The van der Waals surface area contributed by atoms with Crippen LogP contribution in [0.1, 0.15) is 16.7 Å². The largest absolute Gasteiger partial charge is 0.860 e. The van der Waals surface area contributed by atoms with Gasteiger partial charge in [-0.2, -0.15) is 0 Å². The fraction of sp³-hybridized carbons (Fsp3) is 0.100. The Labute approximate surface area is 266 Å². The summed E-state index contributed by atoms with van der Waals surface area (Å²) in [5.74, 6) is 0.341. The summed E-state index contributed by atoms with van der Waals surface area (Å²) in [5.41, 5.74) is 4.16. The second-order valence-corrected chi connectivity index (χ2v) is 16.8. The van der Waals surface area contributed by atoms with E-state index in [1.807, 2.05) is 36.4 Å². The Morgan fingerprint density at radius 3 is 1.42 bits per heavy atom. The van der Waals surface area contributed by atoms with Gasteiger partial charge in [-0.25, -0.2) is 0 Å². The first-order chi connectivity index (χ1) is 21.8. The van der Waals surface area contributed by atoms with Crippen molar-refractivity contribution in [2.45, 2.75) is 5.16 Å². The fourth-order valence-corrected chi connectivity index (χ4v) is 9.44. The van der Waals surface area contributed by atoms with Crippen LogP contribution < -0.4 is 14.7 Å². The minimum atomic E-state index is -2.33. The molecule has 0 unspecified atom stereocenters. The third-order valence-electron chi connectivity index (χ3n) is 8.49. The van der Waals surface area contributed by atoms with Gasteiger partial charge in [0.05, 0.1) is 0 Å². The van der Waals surface area contributed by atoms with Crippen molar-refractivity contribution in [3.05, 3.63) is 174 Å². The van der Waals surface area contributed by atoms with Crippen molar-refractivity contribution in [3.8, 4) is 5.75 Å². The van der Waals surface area contributed by atoms with Gasteiger partial charge in [0, 0.05) is 49.3 Å². The van der Waals surface area contributed by atoms with Gasteiger partial charge in [0.2, 0.25) is 0 Å². The van der Waals surface area contributed by atoms with Crippen molar-refractivity contribution in [2.75, 3.05) is 20.0 Å². The molecule has 45 heavy (non-hydrogen) atoms. The predicted octanol–water partition coefficient (Wildman–Crippen LogP) is 8.12. The van der Waals surface area contributed by atoms with Crippen LogP contribution >= 0.6 is 7.26 Å². The summed E-state index contributed by atoms with van der Waals surface area (Å²) in [6.45, 7) is 7.33. The van der Waals surface area contributed by atoms with Crippen LogP contribution in [-0.4, -0.2) is 27.3 Å². The fourth-order valence-electron chi connectivity index (χ4n) is 6.67. The summed E-state index contributed by atoms with van der Waals surface area (Å²) < 4.78 is 4.94. The van der Waals surface area contributed by atoms with E-state index in [4.69, 9.17) is 4.65 Å². The zero-order valence-corrected chi connectivity index (χ0v) is 26.7. The molecule has 0 atom stereocenters. The molecular weight excluding hydrogens is 570 g/mol. The smallest absolute Gasteiger partial charge is 0.153 e. The minimum absolute atomic E-state index is 0.0726. The molecule has 0 aromatic heterocycles. The Morgan fingerprint density at radius 2 is 0.933 bits per heavy atom. The Bertz CT molecular complexity index is 1940. The van der Waals surface area contributed by atoms with Gasteiger partial charge < -0.3 is 14.7 Å². The molecule has 0 aliphatic rings. The highest BCUT2D eigenvalue weighted by Gasteiger charge is 2.52. The summed E-state index contributed by atoms with van der Waals surface area (Å²) in [7, 11) is -3.65. The van der Waals surface area contributed by atoms with E-state index in [9.17, 15) is 10.0 Å². The quantitative estimate of drug-likeness (QED) is 0.0633. The summed E-state index contributed by atoms with van der Waals surface area (Å²) in [4.78, 5) is 0. The van der Waals surface area contributed by atoms with E-state index in [-0.39, 0.29) is 5.16 Å². The average molecular weight is 606 g/mol. The number of rotatable bonds is 6. The van der Waals surface area contributed by atoms with Crippen molar-refractivity contribution >= 4 is 46.9 Å². The third kappa shape index (κ3) is 5.98. The SMILES string of the molecule is C[P+](C)(C)C(c1ccccc1)(c1ccccc1)c1ccccc1.[O-]B([O-])Oc1cccc2ccc3cc4ccccc4cc3c12. The van der Waals surface area contributed by atoms with Crippen molar-refractivity contribution < 1.29 is 14.7 Å². The van der Waals surface area contributed by atoms with Gasteiger partial charge in [-0.15, -0.1) is 0 Å². The van der Waals surface area contributed by atoms with E-state index in [1.165, 1.54) is 16.7 Å². The Kier molecular flexibility index (Phi) is 8.74. The number of benzene rings is 7. The van der Waals surface area contributed by atoms with E-state index >= 15 is 0 Å². The summed E-state index contributed by atoms with van der Waals surface area (Å²) in [6.07, 6.45) is 0. The third-order valence-corrected chi connectivity index (χ3v) is 11.3. The highest BCUT2D eigenvalue weighted by Crippen LogP contribution is 2.70. The number of hydrogen-bond acceptors (Lipinski definition) is 3. The molecule has 0 bridgehead atoms. The Morgan fingerprint density at radius 1 is 0.489 bits per heavy atom. The van der Waals surface area contributed by atoms with Crippen LogP contribution in [0.15, 0.2) is 158 Å². The molecule has 0 N–H and O–H groups in total. The summed E-state index contributed by atoms with van der Waals surface area (Å²) in [6, 6.07) is 54.6. The van der Waals surface area contributed by atoms with Crippen LogP contribution in [0.25, 0.3) is 32.3 Å². The van der Waals surface area contributed by atoms with E-state index in [0.717, 1.165) is 32.3 Å². The Hall–Kier alpha value is -4.47. The van der Waals surface area contributed by atoms with E-state index in [1.54, 1.807) is 12.1 Å². The molecule has 0 radical (unpaired) electrons. The van der Waals surface area contributed by atoms with Crippen molar-refractivity contribution in [2.24, 2.45) is 0 Å². The van der Waals surface area contributed by atoms with Gasteiger partial charge in [-0.1, -0.05) is 140 Å². The van der Waals surface area contributed by atoms with Crippen LogP contribution in [0.2, 0.25) is 0 Å². The standard InChI is InChI=1S/C22H24P.C18H11BO3/c1-23(2,3)22(19-13-7-4-8-14-19,20-15-9-5-10-16-20)21-17-11-6-12-18-21;20-19(21)22-17-7-3-6-12-8-9-15-10-13-4-1-2-5-14(13)11-16(15)18(12)17/h4-18H,1-3H3;1-11H/q+1;-2. The molecule has 0 spiro atoms. The lowest BCUT2D eigenvalue weighted by atomic mass is 9.84. The predicted molar refractivity (Wildman–Crippen MR) is 189 cm³/mol. The van der Waals surface area contributed by atoms with Crippen LogP contribution in [-0.2, 0) is 5.16 Å².